The number of ether oxygens (including phenoxy) is 2. The number of methoxy groups -OCH3 is 2. The molecule has 0 aliphatic carbocycles. The van der Waals surface area contributed by atoms with Gasteiger partial charge in [-0.2, -0.15) is 0 Å². The van der Waals surface area contributed by atoms with E-state index < -0.39 is 0 Å². The predicted molar refractivity (Wildman–Crippen MR) is 108 cm³/mol. The van der Waals surface area contributed by atoms with E-state index in [0.29, 0.717) is 13.3 Å². The molecule has 0 saturated carbocycles. The molecule has 1 aliphatic heterocycles. The molecule has 2 aromatic rings. The molecule has 1 aromatic carbocycles. The molecule has 1 N–H and O–H groups in total. The highest BCUT2D eigenvalue weighted by Crippen LogP contribution is 2.27. The summed E-state index contributed by atoms with van der Waals surface area (Å²) < 4.78 is 8.94. The van der Waals surface area contributed by atoms with Crippen molar-refractivity contribution in [3.8, 4) is 0 Å². The van der Waals surface area contributed by atoms with Gasteiger partial charge in [0.15, 0.2) is 0 Å². The van der Waals surface area contributed by atoms with Crippen LogP contribution in [0.15, 0.2) is 24.3 Å². The summed E-state index contributed by atoms with van der Waals surface area (Å²) in [4.78, 5) is 16.8. The minimum Gasteiger partial charge on any atom is -0.359 e. The van der Waals surface area contributed by atoms with Gasteiger partial charge in [-0.25, -0.2) is 0 Å². The summed E-state index contributed by atoms with van der Waals surface area (Å²) in [5, 5.41) is 1.28. The van der Waals surface area contributed by atoms with E-state index in [0.717, 1.165) is 24.2 Å². The summed E-state index contributed by atoms with van der Waals surface area (Å²) in [5.41, 5.74) is 3.65. The topological polar surface area (TPSA) is 54.6 Å². The van der Waals surface area contributed by atoms with E-state index in [1.807, 2.05) is 17.0 Å². The Hall–Kier alpha value is -1.56. The lowest BCUT2D eigenvalue weighted by molar-refractivity contribution is -0.129. The van der Waals surface area contributed by atoms with Gasteiger partial charge in [0.2, 0.25) is 5.91 Å². The number of aromatic amines is 1. The lowest BCUT2D eigenvalue weighted by Crippen LogP contribution is -2.36. The fourth-order valence-electron chi connectivity index (χ4n) is 2.61. The van der Waals surface area contributed by atoms with Gasteiger partial charge in [-0.3, -0.25) is 4.79 Å². The van der Waals surface area contributed by atoms with E-state index in [9.17, 15) is 4.79 Å². The number of nitrogens with zero attached hydrogens (tertiary/aromatic N) is 1. The number of rotatable bonds is 4. The van der Waals surface area contributed by atoms with Crippen molar-refractivity contribution in [2.45, 2.75) is 39.7 Å². The molecule has 146 valence electrons. The Morgan fingerprint density at radius 1 is 1.19 bits per heavy atom. The van der Waals surface area contributed by atoms with Crippen molar-refractivity contribution in [2.75, 3.05) is 33.4 Å². The number of carbonyl (C=O) groups is 1. The van der Waals surface area contributed by atoms with Gasteiger partial charge in [0.1, 0.15) is 12.7 Å². The van der Waals surface area contributed by atoms with Crippen molar-refractivity contribution in [1.82, 2.24) is 9.88 Å². The summed E-state index contributed by atoms with van der Waals surface area (Å²) in [6, 6.07) is 8.27. The fraction of sp³-hybridized carbons (Fsp3) is 0.550. The molecule has 2 heterocycles. The highest BCUT2D eigenvalue weighted by Gasteiger charge is 2.22. The summed E-state index contributed by atoms with van der Waals surface area (Å²) in [6.45, 7) is 6.16. The van der Waals surface area contributed by atoms with Gasteiger partial charge in [-0.05, 0) is 18.1 Å². The first-order valence-corrected chi connectivity index (χ1v) is 9.56. The monoisotopic (exact) mass is 382 g/mol. The fourth-order valence-corrected chi connectivity index (χ4v) is 2.78. The predicted octanol–water partition coefficient (Wildman–Crippen LogP) is 4.33. The number of hydrogen-bond acceptors (Lipinski definition) is 3. The molecular weight excluding hydrogens is 352 g/mol. The Morgan fingerprint density at radius 2 is 1.85 bits per heavy atom. The Labute approximate surface area is 161 Å². The smallest absolute Gasteiger partial charge is 0.237 e. The summed E-state index contributed by atoms with van der Waals surface area (Å²) in [7, 11) is 3.17. The highest BCUT2D eigenvalue weighted by molar-refractivity contribution is 6.27. The second kappa shape index (κ2) is 12.7. The van der Waals surface area contributed by atoms with Crippen LogP contribution in [-0.4, -0.2) is 49.2 Å². The van der Waals surface area contributed by atoms with Crippen LogP contribution in [0.1, 0.15) is 37.9 Å². The minimum absolute atomic E-state index is 0.0102. The molecule has 0 fully saturated rings. The molecule has 6 heteroatoms. The van der Waals surface area contributed by atoms with Crippen molar-refractivity contribution in [3.05, 3.63) is 35.5 Å². The number of carbonyl (C=O) groups excluding carboxylic acids is 1. The van der Waals surface area contributed by atoms with Crippen LogP contribution in [0.3, 0.4) is 0 Å². The van der Waals surface area contributed by atoms with E-state index in [4.69, 9.17) is 11.6 Å². The zero-order chi connectivity index (χ0) is 19.4. The number of benzene rings is 1. The normalized spacial score (nSPS) is 12.6. The number of aromatic nitrogens is 1. The number of halogens is 1. The Balaban J connectivity index is 0.000000317. The zero-order valence-corrected chi connectivity index (χ0v) is 17.1. The number of para-hydroxylation sites is 1. The summed E-state index contributed by atoms with van der Waals surface area (Å²) in [5.74, 6) is 0.0752. The number of amides is 1. The maximum absolute atomic E-state index is 11.6. The standard InChI is InChI=1S/C13H13ClN2O.C4H10.C3H8O2/c14-7-13(17)16-6-5-10-9-3-1-2-4-11(9)15-12(10)8-16;1-3-4-2;1-4-3-5-2/h1-4,15H,5-8H2;3-4H2,1-2H3;3H2,1-2H3. The van der Waals surface area contributed by atoms with Crippen LogP contribution in [0, 0.1) is 0 Å². The van der Waals surface area contributed by atoms with E-state index in [-0.39, 0.29) is 11.8 Å². The van der Waals surface area contributed by atoms with E-state index >= 15 is 0 Å². The Kier molecular flexibility index (Phi) is 11.0. The lowest BCUT2D eigenvalue weighted by atomic mass is 10.0. The maximum atomic E-state index is 11.6. The molecule has 0 radical (unpaired) electrons. The van der Waals surface area contributed by atoms with Crippen LogP contribution in [-0.2, 0) is 27.2 Å². The molecule has 5 nitrogen and oxygen atoms in total. The van der Waals surface area contributed by atoms with Gasteiger partial charge in [-0.1, -0.05) is 44.9 Å². The van der Waals surface area contributed by atoms with Gasteiger partial charge >= 0.3 is 0 Å². The van der Waals surface area contributed by atoms with E-state index in [2.05, 4.69) is 40.4 Å². The van der Waals surface area contributed by atoms with Gasteiger partial charge in [0.05, 0.1) is 6.54 Å². The van der Waals surface area contributed by atoms with E-state index in [1.54, 1.807) is 14.2 Å². The van der Waals surface area contributed by atoms with Crippen LogP contribution in [0.4, 0.5) is 0 Å². The van der Waals surface area contributed by atoms with Crippen molar-refractivity contribution in [2.24, 2.45) is 0 Å². The van der Waals surface area contributed by atoms with Crippen LogP contribution in [0.25, 0.3) is 10.9 Å². The molecule has 0 saturated heterocycles. The third kappa shape index (κ3) is 6.63. The van der Waals surface area contributed by atoms with Crippen molar-refractivity contribution < 1.29 is 14.3 Å². The number of H-pyrrole nitrogens is 1. The van der Waals surface area contributed by atoms with Gasteiger partial charge < -0.3 is 19.4 Å². The number of fused-ring (bicyclic) bond motifs is 3. The summed E-state index contributed by atoms with van der Waals surface area (Å²) >= 11 is 5.59. The lowest BCUT2D eigenvalue weighted by Gasteiger charge is -2.26. The molecule has 1 amide bonds. The summed E-state index contributed by atoms with van der Waals surface area (Å²) in [6.07, 6.45) is 3.54. The molecule has 0 bridgehead atoms. The first-order valence-electron chi connectivity index (χ1n) is 9.02. The van der Waals surface area contributed by atoms with Crippen molar-refractivity contribution in [3.63, 3.8) is 0 Å². The first-order chi connectivity index (χ1) is 12.6. The molecule has 26 heavy (non-hydrogen) atoms. The van der Waals surface area contributed by atoms with Crippen LogP contribution < -0.4 is 0 Å². The molecule has 0 atom stereocenters. The SMILES string of the molecule is CCCC.COCOC.O=C(CCl)N1CCc2c([nH]c3ccccc23)C1. The number of alkyl halides is 1. The minimum atomic E-state index is 0.0102. The molecule has 1 aliphatic rings. The van der Waals surface area contributed by atoms with Crippen LogP contribution in [0.5, 0.6) is 0 Å². The molecule has 0 spiro atoms. The number of hydrogen-bond donors (Lipinski definition) is 1. The number of nitrogens with one attached hydrogen (secondary N) is 1. The third-order valence-electron chi connectivity index (χ3n) is 4.09. The van der Waals surface area contributed by atoms with Crippen molar-refractivity contribution in [1.29, 1.82) is 0 Å². The van der Waals surface area contributed by atoms with Crippen LogP contribution >= 0.6 is 11.6 Å². The quantitative estimate of drug-likeness (QED) is 0.632. The van der Waals surface area contributed by atoms with Gasteiger partial charge in [0, 0.05) is 37.4 Å². The Bertz CT molecular complexity index is 654. The maximum Gasteiger partial charge on any atom is 0.237 e. The molecule has 1 aromatic heterocycles. The molecule has 3 rings (SSSR count). The zero-order valence-electron chi connectivity index (χ0n) is 16.3. The molecule has 0 unspecified atom stereocenters. The van der Waals surface area contributed by atoms with Gasteiger partial charge in [-0.15, -0.1) is 11.6 Å². The Morgan fingerprint density at radius 3 is 2.38 bits per heavy atom. The second-order valence-corrected chi connectivity index (χ2v) is 6.29. The van der Waals surface area contributed by atoms with E-state index in [1.165, 1.54) is 23.8 Å². The average Bonchev–Trinajstić information content (AvgIpc) is 3.06. The largest absolute Gasteiger partial charge is 0.359 e. The third-order valence-corrected chi connectivity index (χ3v) is 4.31. The van der Waals surface area contributed by atoms with Crippen molar-refractivity contribution >= 4 is 28.4 Å². The number of unbranched alkanes of at least 4 members (excludes halogenated alkanes) is 1. The van der Waals surface area contributed by atoms with Gasteiger partial charge in [0.25, 0.3) is 0 Å². The average molecular weight is 383 g/mol. The first kappa shape index (κ1) is 22.5. The highest BCUT2D eigenvalue weighted by atomic mass is 35.5. The molecular formula is C20H31ClN2O3. The second-order valence-electron chi connectivity index (χ2n) is 6.02. The van der Waals surface area contributed by atoms with Crippen LogP contribution in [0.2, 0.25) is 0 Å².